The van der Waals surface area contributed by atoms with E-state index >= 15 is 0 Å². The second-order valence-electron chi connectivity index (χ2n) is 5.59. The van der Waals surface area contributed by atoms with E-state index in [0.29, 0.717) is 6.04 Å². The van der Waals surface area contributed by atoms with Gasteiger partial charge in [0.1, 0.15) is 0 Å². The van der Waals surface area contributed by atoms with Crippen LogP contribution in [-0.2, 0) is 6.54 Å². The number of carbonyl (C=O) groups is 1. The molecule has 1 saturated carbocycles. The molecule has 4 nitrogen and oxygen atoms in total. The van der Waals surface area contributed by atoms with Crippen LogP contribution >= 0.6 is 0 Å². The van der Waals surface area contributed by atoms with E-state index in [1.54, 1.807) is 6.07 Å². The summed E-state index contributed by atoms with van der Waals surface area (Å²) in [5.74, 6) is -0.189. The van der Waals surface area contributed by atoms with Gasteiger partial charge in [0.15, 0.2) is 0 Å². The van der Waals surface area contributed by atoms with Gasteiger partial charge in [0.2, 0.25) is 0 Å². The Morgan fingerprint density at radius 3 is 2.74 bits per heavy atom. The maximum Gasteiger partial charge on any atom is 0.337 e. The molecule has 0 saturated heterocycles. The van der Waals surface area contributed by atoms with Crippen molar-refractivity contribution in [3.05, 3.63) is 29.6 Å². The third-order valence-corrected chi connectivity index (χ3v) is 4.12. The minimum atomic E-state index is -0.923. The molecule has 1 aliphatic rings. The Morgan fingerprint density at radius 1 is 1.42 bits per heavy atom. The number of pyridine rings is 1. The van der Waals surface area contributed by atoms with Crippen LogP contribution in [0.3, 0.4) is 0 Å². The summed E-state index contributed by atoms with van der Waals surface area (Å²) in [6.07, 6.45) is 6.66. The van der Waals surface area contributed by atoms with E-state index in [1.165, 1.54) is 31.9 Å². The molecule has 0 radical (unpaired) electrons. The summed E-state index contributed by atoms with van der Waals surface area (Å²) in [5.41, 5.74) is 1.18. The molecule has 2 unspecified atom stereocenters. The zero-order valence-electron chi connectivity index (χ0n) is 11.7. The van der Waals surface area contributed by atoms with Gasteiger partial charge < -0.3 is 5.11 Å². The van der Waals surface area contributed by atoms with E-state index in [0.717, 1.165) is 18.2 Å². The highest BCUT2D eigenvalue weighted by molar-refractivity contribution is 5.87. The lowest BCUT2D eigenvalue weighted by Crippen LogP contribution is -2.38. The zero-order chi connectivity index (χ0) is 13.8. The fourth-order valence-electron chi connectivity index (χ4n) is 2.97. The van der Waals surface area contributed by atoms with Gasteiger partial charge in [0, 0.05) is 18.8 Å². The van der Waals surface area contributed by atoms with Gasteiger partial charge in [-0.05, 0) is 37.9 Å². The topological polar surface area (TPSA) is 53.4 Å². The van der Waals surface area contributed by atoms with Gasteiger partial charge in [-0.2, -0.15) is 0 Å². The highest BCUT2D eigenvalue weighted by Crippen LogP contribution is 2.27. The molecule has 0 aliphatic heterocycles. The largest absolute Gasteiger partial charge is 0.478 e. The van der Waals surface area contributed by atoms with Crippen LogP contribution in [0.15, 0.2) is 18.3 Å². The molecule has 1 aromatic rings. The van der Waals surface area contributed by atoms with Crippen LogP contribution in [0.25, 0.3) is 0 Å². The molecule has 1 aliphatic carbocycles. The normalized spacial score (nSPS) is 23.5. The number of carboxylic acids is 1. The third kappa shape index (κ3) is 3.53. The molecule has 0 spiro atoms. The summed E-state index contributed by atoms with van der Waals surface area (Å²) in [5, 5.41) is 8.85. The molecule has 0 bridgehead atoms. The first kappa shape index (κ1) is 14.0. The monoisotopic (exact) mass is 262 g/mol. The number of rotatable bonds is 4. The lowest BCUT2D eigenvalue weighted by molar-refractivity contribution is 0.0696. The summed E-state index contributed by atoms with van der Waals surface area (Å²) in [4.78, 5) is 17.4. The number of carboxylic acid groups (broad SMARTS) is 1. The number of aromatic carboxylic acids is 1. The maximum atomic E-state index is 10.8. The minimum Gasteiger partial charge on any atom is -0.478 e. The summed E-state index contributed by atoms with van der Waals surface area (Å²) >= 11 is 0. The quantitative estimate of drug-likeness (QED) is 0.906. The highest BCUT2D eigenvalue weighted by atomic mass is 16.4. The lowest BCUT2D eigenvalue weighted by Gasteiger charge is -2.36. The Kier molecular flexibility index (Phi) is 4.53. The van der Waals surface area contributed by atoms with Crippen molar-refractivity contribution in [2.45, 2.75) is 45.2 Å². The van der Waals surface area contributed by atoms with E-state index < -0.39 is 5.97 Å². The molecule has 2 atom stereocenters. The van der Waals surface area contributed by atoms with E-state index in [-0.39, 0.29) is 5.56 Å². The van der Waals surface area contributed by atoms with Crippen LogP contribution < -0.4 is 0 Å². The average Bonchev–Trinajstić information content (AvgIpc) is 2.39. The Morgan fingerprint density at radius 2 is 2.16 bits per heavy atom. The van der Waals surface area contributed by atoms with Gasteiger partial charge in [-0.1, -0.05) is 19.8 Å². The number of hydrogen-bond donors (Lipinski definition) is 1. The third-order valence-electron chi connectivity index (χ3n) is 4.12. The van der Waals surface area contributed by atoms with E-state index in [9.17, 15) is 4.79 Å². The second-order valence-corrected chi connectivity index (χ2v) is 5.59. The maximum absolute atomic E-state index is 10.8. The number of hydrogen-bond acceptors (Lipinski definition) is 3. The van der Waals surface area contributed by atoms with Crippen molar-refractivity contribution in [3.8, 4) is 0 Å². The first-order valence-corrected chi connectivity index (χ1v) is 6.96. The molecule has 0 aromatic carbocycles. The lowest BCUT2D eigenvalue weighted by atomic mass is 9.85. The smallest absolute Gasteiger partial charge is 0.337 e. The first-order valence-electron chi connectivity index (χ1n) is 6.96. The van der Waals surface area contributed by atoms with E-state index in [1.807, 2.05) is 6.07 Å². The predicted molar refractivity (Wildman–Crippen MR) is 74.1 cm³/mol. The van der Waals surface area contributed by atoms with Crippen molar-refractivity contribution in [2.24, 2.45) is 5.92 Å². The van der Waals surface area contributed by atoms with Gasteiger partial charge in [0.25, 0.3) is 0 Å². The molecule has 1 heterocycles. The van der Waals surface area contributed by atoms with Crippen LogP contribution in [-0.4, -0.2) is 34.0 Å². The van der Waals surface area contributed by atoms with Gasteiger partial charge in [0.05, 0.1) is 11.3 Å². The summed E-state index contributed by atoms with van der Waals surface area (Å²) < 4.78 is 0. The van der Waals surface area contributed by atoms with Crippen LogP contribution in [0.5, 0.6) is 0 Å². The van der Waals surface area contributed by atoms with Crippen LogP contribution in [0, 0.1) is 5.92 Å². The van der Waals surface area contributed by atoms with Crippen molar-refractivity contribution in [1.82, 2.24) is 9.88 Å². The Hall–Kier alpha value is -1.42. The second kappa shape index (κ2) is 6.15. The van der Waals surface area contributed by atoms with E-state index in [4.69, 9.17) is 5.11 Å². The molecule has 1 aromatic heterocycles. The van der Waals surface area contributed by atoms with Gasteiger partial charge >= 0.3 is 5.97 Å². The number of nitrogens with zero attached hydrogens (tertiary/aromatic N) is 2. The standard InChI is InChI=1S/C15H22N2O2/c1-11-5-3-4-6-14(11)17(2)10-13-8-7-12(9-16-13)15(18)19/h7-9,11,14H,3-6,10H2,1-2H3,(H,18,19). The molecule has 4 heteroatoms. The van der Waals surface area contributed by atoms with Crippen molar-refractivity contribution < 1.29 is 9.90 Å². The minimum absolute atomic E-state index is 0.248. The van der Waals surface area contributed by atoms with Crippen LogP contribution in [0.2, 0.25) is 0 Å². The van der Waals surface area contributed by atoms with Crippen molar-refractivity contribution in [3.63, 3.8) is 0 Å². The van der Waals surface area contributed by atoms with Gasteiger partial charge in [-0.25, -0.2) is 4.79 Å². The highest BCUT2D eigenvalue weighted by Gasteiger charge is 2.24. The number of aromatic nitrogens is 1. The van der Waals surface area contributed by atoms with Gasteiger partial charge in [-0.3, -0.25) is 9.88 Å². The Bertz CT molecular complexity index is 430. The summed E-state index contributed by atoms with van der Waals surface area (Å²) in [7, 11) is 2.14. The van der Waals surface area contributed by atoms with Crippen molar-refractivity contribution in [2.75, 3.05) is 7.05 Å². The van der Waals surface area contributed by atoms with Gasteiger partial charge in [-0.15, -0.1) is 0 Å². The fraction of sp³-hybridized carbons (Fsp3) is 0.600. The van der Waals surface area contributed by atoms with Crippen molar-refractivity contribution in [1.29, 1.82) is 0 Å². The first-order chi connectivity index (χ1) is 9.08. The van der Waals surface area contributed by atoms with E-state index in [2.05, 4.69) is 23.9 Å². The summed E-state index contributed by atoms with van der Waals surface area (Å²) in [6.45, 7) is 3.11. The Labute approximate surface area is 114 Å². The predicted octanol–water partition coefficient (Wildman–Crippen LogP) is 2.79. The average molecular weight is 262 g/mol. The van der Waals surface area contributed by atoms with Crippen LogP contribution in [0.1, 0.15) is 48.7 Å². The Balaban J connectivity index is 1.97. The molecular weight excluding hydrogens is 240 g/mol. The molecular formula is C15H22N2O2. The fourth-order valence-corrected chi connectivity index (χ4v) is 2.97. The molecule has 1 N–H and O–H groups in total. The van der Waals surface area contributed by atoms with Crippen molar-refractivity contribution >= 4 is 5.97 Å². The molecule has 0 amide bonds. The SMILES string of the molecule is CC1CCCCC1N(C)Cc1ccc(C(=O)O)cn1. The van der Waals surface area contributed by atoms with Crippen LogP contribution in [0.4, 0.5) is 0 Å². The molecule has 19 heavy (non-hydrogen) atoms. The molecule has 1 fully saturated rings. The molecule has 2 rings (SSSR count). The zero-order valence-corrected chi connectivity index (χ0v) is 11.7. The summed E-state index contributed by atoms with van der Waals surface area (Å²) in [6, 6.07) is 4.06. The molecule has 104 valence electrons.